The Labute approximate surface area is 175 Å². The number of hydrogen-bond donors (Lipinski definition) is 0. The summed E-state index contributed by atoms with van der Waals surface area (Å²) >= 11 is 7.47. The van der Waals surface area contributed by atoms with Crippen LogP contribution in [0.15, 0.2) is 41.2 Å². The smallest absolute Gasteiger partial charge is 0.237 e. The predicted molar refractivity (Wildman–Crippen MR) is 113 cm³/mol. The highest BCUT2D eigenvalue weighted by Crippen LogP contribution is 2.35. The quantitative estimate of drug-likeness (QED) is 0.585. The molecule has 0 saturated heterocycles. The molecule has 0 N–H and O–H groups in total. The Morgan fingerprint density at radius 2 is 2.04 bits per heavy atom. The van der Waals surface area contributed by atoms with E-state index in [0.717, 1.165) is 48.8 Å². The summed E-state index contributed by atoms with van der Waals surface area (Å²) in [5, 5.41) is 10.2. The van der Waals surface area contributed by atoms with Gasteiger partial charge in [0.25, 0.3) is 0 Å². The first-order valence-corrected chi connectivity index (χ1v) is 11.4. The number of thioether (sulfide) groups is 1. The van der Waals surface area contributed by atoms with Crippen LogP contribution in [0.3, 0.4) is 0 Å². The van der Waals surface area contributed by atoms with Gasteiger partial charge in [0.1, 0.15) is 0 Å². The second-order valence-corrected chi connectivity index (χ2v) is 8.66. The molecule has 1 aromatic carbocycles. The lowest BCUT2D eigenvalue weighted by Crippen LogP contribution is -2.34. The van der Waals surface area contributed by atoms with E-state index in [-0.39, 0.29) is 5.91 Å². The van der Waals surface area contributed by atoms with E-state index in [1.165, 1.54) is 30.3 Å². The maximum absolute atomic E-state index is 13.0. The van der Waals surface area contributed by atoms with Gasteiger partial charge in [-0.15, -0.1) is 10.2 Å². The molecule has 1 fully saturated rings. The topological polar surface area (TPSA) is 51.0 Å². The van der Waals surface area contributed by atoms with E-state index in [1.807, 2.05) is 24.3 Å². The molecule has 1 saturated carbocycles. The maximum Gasteiger partial charge on any atom is 0.237 e. The fourth-order valence-electron chi connectivity index (χ4n) is 3.66. The molecule has 1 heterocycles. The van der Waals surface area contributed by atoms with Crippen molar-refractivity contribution in [3.05, 3.63) is 41.1 Å². The van der Waals surface area contributed by atoms with Gasteiger partial charge in [-0.1, -0.05) is 29.4 Å². The van der Waals surface area contributed by atoms with Gasteiger partial charge in [-0.3, -0.25) is 4.79 Å². The third-order valence-electron chi connectivity index (χ3n) is 5.22. The highest BCUT2D eigenvalue weighted by molar-refractivity contribution is 7.99. The van der Waals surface area contributed by atoms with E-state index in [4.69, 9.17) is 11.6 Å². The van der Waals surface area contributed by atoms with Crippen molar-refractivity contribution in [2.75, 3.05) is 5.75 Å². The van der Waals surface area contributed by atoms with Gasteiger partial charge in [0.2, 0.25) is 5.91 Å². The number of halogens is 1. The summed E-state index contributed by atoms with van der Waals surface area (Å²) in [6.45, 7) is 2.82. The number of nitrogens with zero attached hydrogens (tertiary/aromatic N) is 4. The minimum absolute atomic E-state index is 0.194. The molecule has 2 aromatic rings. The molecule has 0 radical (unpaired) electrons. The van der Waals surface area contributed by atoms with Gasteiger partial charge in [0.05, 0.1) is 5.75 Å². The number of aromatic nitrogens is 3. The van der Waals surface area contributed by atoms with Crippen molar-refractivity contribution in [3.8, 4) is 11.4 Å². The van der Waals surface area contributed by atoms with E-state index < -0.39 is 0 Å². The van der Waals surface area contributed by atoms with Crippen molar-refractivity contribution in [2.45, 2.75) is 63.2 Å². The number of rotatable bonds is 7. The molecule has 0 atom stereocenters. The van der Waals surface area contributed by atoms with E-state index >= 15 is 0 Å². The van der Waals surface area contributed by atoms with Gasteiger partial charge in [-0.05, 0) is 69.7 Å². The average Bonchev–Trinajstić information content (AvgIpc) is 3.46. The van der Waals surface area contributed by atoms with E-state index in [1.54, 1.807) is 0 Å². The second-order valence-electron chi connectivity index (χ2n) is 7.28. The minimum atomic E-state index is 0.194. The first-order chi connectivity index (χ1) is 13.7. The maximum atomic E-state index is 13.0. The molecular formula is C21H25ClN4OS. The average molecular weight is 417 g/mol. The lowest BCUT2D eigenvalue weighted by molar-refractivity contribution is -0.127. The SMILES string of the molecule is CCn1c(SCC(=O)N(C2=CCCCC2)C2CC2)nnc1-c1ccc(Cl)cc1. The lowest BCUT2D eigenvalue weighted by Gasteiger charge is -2.27. The Bertz CT molecular complexity index is 873. The number of carbonyl (C=O) groups excluding carboxylic acids is 1. The summed E-state index contributed by atoms with van der Waals surface area (Å²) < 4.78 is 2.06. The largest absolute Gasteiger partial charge is 0.313 e. The predicted octanol–water partition coefficient (Wildman–Crippen LogP) is 5.16. The molecule has 2 aliphatic carbocycles. The van der Waals surface area contributed by atoms with Crippen LogP contribution in [0.25, 0.3) is 11.4 Å². The Morgan fingerprint density at radius 1 is 1.25 bits per heavy atom. The number of carbonyl (C=O) groups is 1. The van der Waals surface area contributed by atoms with Crippen LogP contribution in [0.2, 0.25) is 5.02 Å². The molecule has 0 unspecified atom stereocenters. The van der Waals surface area contributed by atoms with E-state index in [0.29, 0.717) is 16.8 Å². The zero-order valence-corrected chi connectivity index (χ0v) is 17.7. The summed E-state index contributed by atoms with van der Waals surface area (Å²) in [5.74, 6) is 1.40. The molecule has 0 bridgehead atoms. The Hall–Kier alpha value is -1.79. The third-order valence-corrected chi connectivity index (χ3v) is 6.42. The molecule has 2 aliphatic rings. The van der Waals surface area contributed by atoms with Gasteiger partial charge in [-0.25, -0.2) is 0 Å². The summed E-state index contributed by atoms with van der Waals surface area (Å²) in [5.41, 5.74) is 2.21. The summed E-state index contributed by atoms with van der Waals surface area (Å²) in [6.07, 6.45) is 9.05. The second kappa shape index (κ2) is 8.70. The van der Waals surface area contributed by atoms with Crippen molar-refractivity contribution in [1.82, 2.24) is 19.7 Å². The fraction of sp³-hybridized carbons (Fsp3) is 0.476. The van der Waals surface area contributed by atoms with Gasteiger partial charge in [-0.2, -0.15) is 0 Å². The highest BCUT2D eigenvalue weighted by atomic mass is 35.5. The van der Waals surface area contributed by atoms with Crippen LogP contribution >= 0.6 is 23.4 Å². The summed E-state index contributed by atoms with van der Waals surface area (Å²) in [6, 6.07) is 8.01. The van der Waals surface area contributed by atoms with Gasteiger partial charge in [0, 0.05) is 28.9 Å². The number of hydrogen-bond acceptors (Lipinski definition) is 4. The van der Waals surface area contributed by atoms with Crippen LogP contribution in [0.5, 0.6) is 0 Å². The molecule has 28 heavy (non-hydrogen) atoms. The van der Waals surface area contributed by atoms with Crippen molar-refractivity contribution in [2.24, 2.45) is 0 Å². The Kier molecular flexibility index (Phi) is 6.07. The van der Waals surface area contributed by atoms with Crippen LogP contribution in [0, 0.1) is 0 Å². The number of benzene rings is 1. The number of allylic oxidation sites excluding steroid dienone is 2. The molecule has 1 aromatic heterocycles. The standard InChI is InChI=1S/C21H25ClN4OS/c1-2-25-20(15-8-10-16(22)11-9-15)23-24-21(25)28-14-19(27)26(18-12-13-18)17-6-4-3-5-7-17/h6,8-11,18H,2-5,7,12-14H2,1H3. The van der Waals surface area contributed by atoms with Crippen LogP contribution in [0.4, 0.5) is 0 Å². The van der Waals surface area contributed by atoms with Crippen molar-refractivity contribution >= 4 is 29.3 Å². The summed E-state index contributed by atoms with van der Waals surface area (Å²) in [7, 11) is 0. The Morgan fingerprint density at radius 3 is 2.68 bits per heavy atom. The molecule has 0 aliphatic heterocycles. The fourth-order valence-corrected chi connectivity index (χ4v) is 4.65. The first-order valence-electron chi connectivity index (χ1n) is 10.0. The molecule has 4 rings (SSSR count). The van der Waals surface area contributed by atoms with E-state index in [2.05, 4.69) is 32.7 Å². The van der Waals surface area contributed by atoms with Crippen molar-refractivity contribution in [1.29, 1.82) is 0 Å². The van der Waals surface area contributed by atoms with Crippen LogP contribution in [-0.4, -0.2) is 37.4 Å². The molecule has 0 spiro atoms. The molecule has 1 amide bonds. The normalized spacial score (nSPS) is 16.7. The van der Waals surface area contributed by atoms with Gasteiger partial charge < -0.3 is 9.47 Å². The third kappa shape index (κ3) is 4.28. The molecule has 148 valence electrons. The molecule has 7 heteroatoms. The monoisotopic (exact) mass is 416 g/mol. The summed E-state index contributed by atoms with van der Waals surface area (Å²) in [4.78, 5) is 15.1. The molecule has 5 nitrogen and oxygen atoms in total. The van der Waals surface area contributed by atoms with Crippen LogP contribution < -0.4 is 0 Å². The van der Waals surface area contributed by atoms with Crippen molar-refractivity contribution in [3.63, 3.8) is 0 Å². The van der Waals surface area contributed by atoms with Crippen LogP contribution in [-0.2, 0) is 11.3 Å². The van der Waals surface area contributed by atoms with E-state index in [9.17, 15) is 4.79 Å². The van der Waals surface area contributed by atoms with Crippen molar-refractivity contribution < 1.29 is 4.79 Å². The highest BCUT2D eigenvalue weighted by Gasteiger charge is 2.35. The van der Waals surface area contributed by atoms with Crippen LogP contribution in [0.1, 0.15) is 45.4 Å². The number of amides is 1. The zero-order valence-electron chi connectivity index (χ0n) is 16.1. The first kappa shape index (κ1) is 19.5. The van der Waals surface area contributed by atoms with Gasteiger partial charge in [0.15, 0.2) is 11.0 Å². The minimum Gasteiger partial charge on any atom is -0.313 e. The lowest BCUT2D eigenvalue weighted by atomic mass is 10.0. The zero-order chi connectivity index (χ0) is 19.5. The van der Waals surface area contributed by atoms with Gasteiger partial charge >= 0.3 is 0 Å². The Balaban J connectivity index is 1.47. The molecular weight excluding hydrogens is 392 g/mol.